The van der Waals surface area contributed by atoms with Gasteiger partial charge in [-0.25, -0.2) is 0 Å². The average molecular weight is 523 g/mol. The summed E-state index contributed by atoms with van der Waals surface area (Å²) in [5, 5.41) is 23.3. The predicted octanol–water partition coefficient (Wildman–Crippen LogP) is 8.44. The lowest BCUT2D eigenvalue weighted by Gasteiger charge is -2.35. The summed E-state index contributed by atoms with van der Waals surface area (Å²) in [6, 6.07) is 0. The predicted molar refractivity (Wildman–Crippen MR) is 153 cm³/mol. The van der Waals surface area contributed by atoms with Crippen molar-refractivity contribution in [3.05, 3.63) is 0 Å². The molecule has 0 saturated carbocycles. The van der Waals surface area contributed by atoms with Crippen molar-refractivity contribution in [2.24, 2.45) is 5.41 Å². The zero-order valence-corrected chi connectivity index (χ0v) is 24.9. The van der Waals surface area contributed by atoms with Crippen molar-refractivity contribution >= 4 is 11.9 Å². The minimum absolute atomic E-state index is 0.147. The van der Waals surface area contributed by atoms with Gasteiger partial charge in [-0.2, -0.15) is 0 Å². The first kappa shape index (κ1) is 35.9. The number of carboxylic acid groups (broad SMARTS) is 2. The van der Waals surface area contributed by atoms with Gasteiger partial charge in [0.15, 0.2) is 0 Å². The summed E-state index contributed by atoms with van der Waals surface area (Å²) in [6.45, 7) is 4.50. The van der Waals surface area contributed by atoms with Crippen molar-refractivity contribution in [1.82, 2.24) is 0 Å². The molecule has 4 heteroatoms. The Kier molecular flexibility index (Phi) is 25.8. The molecular weight excluding hydrogens is 460 g/mol. The van der Waals surface area contributed by atoms with Crippen LogP contribution in [0.5, 0.6) is 0 Å². The Morgan fingerprint density at radius 3 is 0.946 bits per heavy atom. The first-order valence-corrected chi connectivity index (χ1v) is 16.4. The lowest BCUT2D eigenvalue weighted by Crippen LogP contribution is -2.43. The molecule has 0 aromatic heterocycles. The Morgan fingerprint density at radius 2 is 0.703 bits per heavy atom. The molecule has 4 nitrogen and oxygen atoms in total. The minimum atomic E-state index is -1.16. The van der Waals surface area contributed by atoms with Gasteiger partial charge in [0.25, 0.3) is 0 Å². The summed E-state index contributed by atoms with van der Waals surface area (Å²) in [4.78, 5) is 23.3. The third-order valence-electron chi connectivity index (χ3n) is 8.26. The van der Waals surface area contributed by atoms with E-state index in [2.05, 4.69) is 13.8 Å². The summed E-state index contributed by atoms with van der Waals surface area (Å²) in [7, 11) is 0. The Balaban J connectivity index is 4.11. The molecule has 0 saturated heterocycles. The number of hydrogen-bond donors (Lipinski definition) is 0. The van der Waals surface area contributed by atoms with E-state index in [-0.39, 0.29) is 12.8 Å². The van der Waals surface area contributed by atoms with Gasteiger partial charge in [-0.3, -0.25) is 0 Å². The maximum atomic E-state index is 12.2. The molecule has 0 radical (unpaired) electrons. The van der Waals surface area contributed by atoms with Crippen LogP contribution in [0, 0.1) is 5.41 Å². The van der Waals surface area contributed by atoms with Crippen molar-refractivity contribution in [2.75, 3.05) is 0 Å². The number of aliphatic carboxylic acids is 2. The molecular formula is C33H62O4-2. The lowest BCUT2D eigenvalue weighted by atomic mass is 9.74. The van der Waals surface area contributed by atoms with E-state index in [0.717, 1.165) is 38.5 Å². The van der Waals surface area contributed by atoms with Crippen LogP contribution in [0.25, 0.3) is 0 Å². The van der Waals surface area contributed by atoms with E-state index in [0.29, 0.717) is 12.8 Å². The zero-order chi connectivity index (χ0) is 27.5. The van der Waals surface area contributed by atoms with Gasteiger partial charge in [0.05, 0.1) is 0 Å². The van der Waals surface area contributed by atoms with Crippen molar-refractivity contribution in [3.63, 3.8) is 0 Å². The first-order chi connectivity index (χ1) is 18.0. The fourth-order valence-corrected chi connectivity index (χ4v) is 5.63. The van der Waals surface area contributed by atoms with Crippen LogP contribution in [-0.4, -0.2) is 11.9 Å². The molecule has 0 rings (SSSR count). The second kappa shape index (κ2) is 26.5. The smallest absolute Gasteiger partial charge is 0.0476 e. The van der Waals surface area contributed by atoms with Crippen LogP contribution in [0.4, 0.5) is 0 Å². The zero-order valence-electron chi connectivity index (χ0n) is 24.9. The summed E-state index contributed by atoms with van der Waals surface area (Å²) >= 11 is 0. The molecule has 0 aromatic rings. The highest BCUT2D eigenvalue weighted by Gasteiger charge is 2.30. The highest BCUT2D eigenvalue weighted by Crippen LogP contribution is 2.36. The van der Waals surface area contributed by atoms with Crippen LogP contribution in [-0.2, 0) is 9.59 Å². The number of carbonyl (C=O) groups is 2. The number of carboxylic acids is 2. The van der Waals surface area contributed by atoms with Gasteiger partial charge in [-0.15, -0.1) is 0 Å². The third-order valence-corrected chi connectivity index (χ3v) is 8.26. The summed E-state index contributed by atoms with van der Waals surface area (Å²) in [5.41, 5.74) is -1.00. The Hall–Kier alpha value is -1.06. The third kappa shape index (κ3) is 22.6. The minimum Gasteiger partial charge on any atom is -0.550 e. The van der Waals surface area contributed by atoms with E-state index in [1.807, 2.05) is 0 Å². The van der Waals surface area contributed by atoms with Crippen LogP contribution in [0.1, 0.15) is 194 Å². The van der Waals surface area contributed by atoms with Crippen LogP contribution in [0.15, 0.2) is 0 Å². The van der Waals surface area contributed by atoms with Crippen LogP contribution < -0.4 is 10.2 Å². The molecule has 0 aliphatic rings. The normalized spacial score (nSPS) is 11.7. The maximum Gasteiger partial charge on any atom is 0.0476 e. The van der Waals surface area contributed by atoms with E-state index in [1.165, 1.54) is 116 Å². The number of hydrogen-bond acceptors (Lipinski definition) is 4. The highest BCUT2D eigenvalue weighted by atomic mass is 16.4. The fourth-order valence-electron chi connectivity index (χ4n) is 5.63. The van der Waals surface area contributed by atoms with Gasteiger partial charge in [-0.1, -0.05) is 168 Å². The fraction of sp³-hybridized carbons (Fsp3) is 0.939. The molecule has 0 bridgehead atoms. The Labute approximate surface area is 230 Å². The molecule has 0 heterocycles. The van der Waals surface area contributed by atoms with Gasteiger partial charge < -0.3 is 19.8 Å². The Bertz CT molecular complexity index is 488. The molecule has 0 unspecified atom stereocenters. The number of rotatable bonds is 30. The van der Waals surface area contributed by atoms with E-state index in [9.17, 15) is 19.8 Å². The van der Waals surface area contributed by atoms with Crippen molar-refractivity contribution in [1.29, 1.82) is 0 Å². The quantitative estimate of drug-likeness (QED) is 0.0886. The van der Waals surface area contributed by atoms with E-state index in [1.54, 1.807) is 0 Å². The Morgan fingerprint density at radius 1 is 0.432 bits per heavy atom. The van der Waals surface area contributed by atoms with Crippen molar-refractivity contribution in [3.8, 4) is 0 Å². The maximum absolute atomic E-state index is 12.2. The molecule has 0 spiro atoms. The molecule has 220 valence electrons. The van der Waals surface area contributed by atoms with Crippen LogP contribution in [0.3, 0.4) is 0 Å². The largest absolute Gasteiger partial charge is 0.550 e. The molecule has 0 N–H and O–H groups in total. The molecule has 37 heavy (non-hydrogen) atoms. The van der Waals surface area contributed by atoms with Gasteiger partial charge in [-0.05, 0) is 25.7 Å². The van der Waals surface area contributed by atoms with Crippen LogP contribution in [0.2, 0.25) is 0 Å². The van der Waals surface area contributed by atoms with Crippen molar-refractivity contribution < 1.29 is 19.8 Å². The molecule has 0 aliphatic heterocycles. The molecule has 0 amide bonds. The lowest BCUT2D eigenvalue weighted by molar-refractivity contribution is -0.321. The van der Waals surface area contributed by atoms with Crippen molar-refractivity contribution in [2.45, 2.75) is 194 Å². The topological polar surface area (TPSA) is 80.3 Å². The summed E-state index contributed by atoms with van der Waals surface area (Å²) in [5.74, 6) is -2.21. The van der Waals surface area contributed by atoms with Gasteiger partial charge >= 0.3 is 0 Å². The van der Waals surface area contributed by atoms with Gasteiger partial charge in [0, 0.05) is 17.4 Å². The second-order valence-electron chi connectivity index (χ2n) is 11.7. The molecule has 0 fully saturated rings. The van der Waals surface area contributed by atoms with Gasteiger partial charge in [0.1, 0.15) is 0 Å². The van der Waals surface area contributed by atoms with E-state index < -0.39 is 17.4 Å². The average Bonchev–Trinajstić information content (AvgIpc) is 2.87. The number of unbranched alkanes of at least 4 members (excludes halogenated alkanes) is 22. The monoisotopic (exact) mass is 522 g/mol. The van der Waals surface area contributed by atoms with Crippen LogP contribution >= 0.6 is 0 Å². The summed E-state index contributed by atoms with van der Waals surface area (Å²) < 4.78 is 0. The van der Waals surface area contributed by atoms with Gasteiger partial charge in [0.2, 0.25) is 0 Å². The molecule has 0 aromatic carbocycles. The second-order valence-corrected chi connectivity index (χ2v) is 11.7. The standard InChI is InChI=1S/C33H64O4/c1-3-5-7-9-11-13-15-17-19-21-23-25-28-33(32(36)37,30-27-31(34)35)29-26-24-22-20-18-16-14-12-10-8-6-4-2/h3-30H2,1-2H3,(H,34,35)(H,36,37)/p-2. The SMILES string of the molecule is CCCCCCCCCCCCCCC(CCCCCCCCCCCCCC)(CCC(=O)[O-])C(=O)[O-]. The molecule has 0 aliphatic carbocycles. The summed E-state index contributed by atoms with van der Waals surface area (Å²) in [6.07, 6.45) is 30.8. The first-order valence-electron chi connectivity index (χ1n) is 16.4. The van der Waals surface area contributed by atoms with E-state index in [4.69, 9.17) is 0 Å². The van der Waals surface area contributed by atoms with E-state index >= 15 is 0 Å². The molecule has 0 atom stereocenters. The number of carbonyl (C=O) groups excluding carboxylic acids is 2. The highest BCUT2D eigenvalue weighted by molar-refractivity contribution is 5.73.